The summed E-state index contributed by atoms with van der Waals surface area (Å²) in [5.41, 5.74) is 2.96. The fraction of sp³-hybridized carbons (Fsp3) is 0.429. The molecule has 0 spiro atoms. The van der Waals surface area contributed by atoms with Crippen LogP contribution in [0.25, 0.3) is 16.6 Å². The van der Waals surface area contributed by atoms with Gasteiger partial charge in [-0.05, 0) is 63.0 Å². The molecule has 2 fully saturated rings. The van der Waals surface area contributed by atoms with E-state index in [1.54, 1.807) is 6.07 Å². The van der Waals surface area contributed by atoms with Gasteiger partial charge in [0.1, 0.15) is 0 Å². The second-order valence-corrected chi connectivity index (χ2v) is 10.7. The molecule has 0 saturated carbocycles. The molecule has 1 atom stereocenters. The number of piperidine rings is 1. The number of rotatable bonds is 5. The zero-order valence-electron chi connectivity index (χ0n) is 21.1. The number of likely N-dealkylation sites (tertiary alicyclic amines) is 2. The van der Waals surface area contributed by atoms with Crippen LogP contribution >= 0.6 is 11.6 Å². The van der Waals surface area contributed by atoms with Gasteiger partial charge in [0.05, 0.1) is 11.9 Å². The molecular formula is C28H31ClF2N4O2. The van der Waals surface area contributed by atoms with Gasteiger partial charge in [0.15, 0.2) is 0 Å². The molecule has 3 aromatic rings. The normalized spacial score (nSPS) is 19.7. The van der Waals surface area contributed by atoms with E-state index in [2.05, 4.69) is 4.90 Å². The van der Waals surface area contributed by atoms with Gasteiger partial charge in [-0.2, -0.15) is 0 Å². The van der Waals surface area contributed by atoms with Crippen molar-refractivity contribution in [3.05, 3.63) is 64.8 Å². The monoisotopic (exact) mass is 528 g/mol. The number of hydrogen-bond acceptors (Lipinski definition) is 3. The van der Waals surface area contributed by atoms with Crippen molar-refractivity contribution in [1.29, 1.82) is 0 Å². The minimum Gasteiger partial charge on any atom is -0.342 e. The van der Waals surface area contributed by atoms with Crippen molar-refractivity contribution in [2.75, 3.05) is 40.3 Å². The minimum atomic E-state index is -2.71. The summed E-state index contributed by atoms with van der Waals surface area (Å²) in [4.78, 5) is 31.9. The molecule has 0 bridgehead atoms. The standard InChI is InChI=1S/C28H31ClF2N4O2/c1-32(2)23-8-11-34(18-23)27(37)19-6-7-25-20(14-19)15-24(35(25)22-5-3-4-21(29)16-22)17-26(36)33-12-9-28(30,31)10-13-33/h3-7,14-16,23H,8-13,17-18H2,1-2H3. The first-order valence-electron chi connectivity index (χ1n) is 12.6. The zero-order chi connectivity index (χ0) is 26.3. The molecule has 0 radical (unpaired) electrons. The lowest BCUT2D eigenvalue weighted by atomic mass is 10.1. The van der Waals surface area contributed by atoms with E-state index in [0.717, 1.165) is 35.2 Å². The average molecular weight is 529 g/mol. The Morgan fingerprint density at radius 2 is 1.78 bits per heavy atom. The van der Waals surface area contributed by atoms with Gasteiger partial charge in [-0.3, -0.25) is 9.59 Å². The second-order valence-electron chi connectivity index (χ2n) is 10.3. The summed E-state index contributed by atoms with van der Waals surface area (Å²) in [5, 5.41) is 1.40. The van der Waals surface area contributed by atoms with Crippen LogP contribution in [0.15, 0.2) is 48.5 Å². The summed E-state index contributed by atoms with van der Waals surface area (Å²) in [7, 11) is 4.06. The Labute approximate surface area is 220 Å². The Morgan fingerprint density at radius 3 is 2.46 bits per heavy atom. The molecule has 5 rings (SSSR count). The molecule has 2 aromatic carbocycles. The predicted octanol–water partition coefficient (Wildman–Crippen LogP) is 4.86. The molecule has 0 aliphatic carbocycles. The molecule has 6 nitrogen and oxygen atoms in total. The van der Waals surface area contributed by atoms with Crippen LogP contribution in [-0.4, -0.2) is 83.3 Å². The van der Waals surface area contributed by atoms with Gasteiger partial charge < -0.3 is 19.3 Å². The molecular weight excluding hydrogens is 498 g/mol. The van der Waals surface area contributed by atoms with Gasteiger partial charge in [-0.25, -0.2) is 8.78 Å². The summed E-state index contributed by atoms with van der Waals surface area (Å²) >= 11 is 6.28. The average Bonchev–Trinajstić information content (AvgIpc) is 3.48. The van der Waals surface area contributed by atoms with Crippen LogP contribution in [0.2, 0.25) is 5.02 Å². The quantitative estimate of drug-likeness (QED) is 0.475. The summed E-state index contributed by atoms with van der Waals surface area (Å²) in [6, 6.07) is 15.2. The number of halogens is 3. The lowest BCUT2D eigenvalue weighted by Gasteiger charge is -2.31. The molecule has 2 saturated heterocycles. The van der Waals surface area contributed by atoms with Crippen LogP contribution in [0.4, 0.5) is 8.78 Å². The van der Waals surface area contributed by atoms with Crippen molar-refractivity contribution < 1.29 is 18.4 Å². The third kappa shape index (κ3) is 5.36. The Morgan fingerprint density at radius 1 is 1.03 bits per heavy atom. The first-order chi connectivity index (χ1) is 17.6. The van der Waals surface area contributed by atoms with Gasteiger partial charge in [-0.1, -0.05) is 17.7 Å². The number of carbonyl (C=O) groups is 2. The van der Waals surface area contributed by atoms with Crippen molar-refractivity contribution in [3.63, 3.8) is 0 Å². The molecule has 0 N–H and O–H groups in total. The number of alkyl halides is 2. The van der Waals surface area contributed by atoms with E-state index >= 15 is 0 Å². The van der Waals surface area contributed by atoms with Crippen LogP contribution in [0.3, 0.4) is 0 Å². The maximum Gasteiger partial charge on any atom is 0.253 e. The Kier molecular flexibility index (Phi) is 6.98. The molecule has 1 aromatic heterocycles. The van der Waals surface area contributed by atoms with Crippen LogP contribution in [-0.2, 0) is 11.2 Å². The van der Waals surface area contributed by atoms with Crippen LogP contribution in [0.1, 0.15) is 35.3 Å². The number of carbonyl (C=O) groups excluding carboxylic acids is 2. The van der Waals surface area contributed by atoms with Crippen molar-refractivity contribution in [2.24, 2.45) is 0 Å². The highest BCUT2D eigenvalue weighted by Crippen LogP contribution is 2.31. The van der Waals surface area contributed by atoms with E-state index in [1.807, 2.05) is 66.0 Å². The maximum absolute atomic E-state index is 13.6. The van der Waals surface area contributed by atoms with E-state index in [4.69, 9.17) is 11.6 Å². The first-order valence-corrected chi connectivity index (χ1v) is 13.0. The topological polar surface area (TPSA) is 48.8 Å². The SMILES string of the molecule is CN(C)C1CCN(C(=O)c2ccc3c(c2)cc(CC(=O)N2CCC(F)(F)CC2)n3-c2cccc(Cl)c2)C1. The van der Waals surface area contributed by atoms with Gasteiger partial charge in [-0.15, -0.1) is 0 Å². The Bertz CT molecular complexity index is 1330. The second kappa shape index (κ2) is 10.1. The van der Waals surface area contributed by atoms with E-state index in [9.17, 15) is 18.4 Å². The lowest BCUT2D eigenvalue weighted by Crippen LogP contribution is -2.43. The number of amides is 2. The predicted molar refractivity (Wildman–Crippen MR) is 141 cm³/mol. The fourth-order valence-electron chi connectivity index (χ4n) is 5.34. The molecule has 196 valence electrons. The van der Waals surface area contributed by atoms with E-state index in [-0.39, 0.29) is 44.2 Å². The number of fused-ring (bicyclic) bond motifs is 1. The molecule has 3 heterocycles. The molecule has 2 amide bonds. The zero-order valence-corrected chi connectivity index (χ0v) is 21.8. The van der Waals surface area contributed by atoms with Gasteiger partial charge in [0.2, 0.25) is 5.91 Å². The fourth-order valence-corrected chi connectivity index (χ4v) is 5.52. The number of hydrogen-bond donors (Lipinski definition) is 0. The number of likely N-dealkylation sites (N-methyl/N-ethyl adjacent to an activating group) is 1. The van der Waals surface area contributed by atoms with Crippen LogP contribution in [0.5, 0.6) is 0 Å². The number of benzene rings is 2. The van der Waals surface area contributed by atoms with Crippen molar-refractivity contribution in [3.8, 4) is 5.69 Å². The van der Waals surface area contributed by atoms with Crippen molar-refractivity contribution in [2.45, 2.75) is 37.6 Å². The minimum absolute atomic E-state index is 0.00590. The summed E-state index contributed by atoms with van der Waals surface area (Å²) in [6.45, 7) is 1.51. The van der Waals surface area contributed by atoms with Crippen LogP contribution < -0.4 is 0 Å². The van der Waals surface area contributed by atoms with E-state index < -0.39 is 5.92 Å². The number of aromatic nitrogens is 1. The van der Waals surface area contributed by atoms with E-state index in [1.165, 1.54) is 4.90 Å². The van der Waals surface area contributed by atoms with Gasteiger partial charge >= 0.3 is 0 Å². The Balaban J connectivity index is 1.47. The van der Waals surface area contributed by atoms with Gasteiger partial charge in [0.25, 0.3) is 11.8 Å². The van der Waals surface area contributed by atoms with E-state index in [0.29, 0.717) is 23.2 Å². The Hall–Kier alpha value is -2.97. The number of nitrogens with zero attached hydrogens (tertiary/aromatic N) is 4. The van der Waals surface area contributed by atoms with Crippen LogP contribution in [0, 0.1) is 0 Å². The van der Waals surface area contributed by atoms with Crippen molar-refractivity contribution in [1.82, 2.24) is 19.3 Å². The summed E-state index contributed by atoms with van der Waals surface area (Å²) < 4.78 is 29.2. The molecule has 37 heavy (non-hydrogen) atoms. The third-order valence-electron chi connectivity index (χ3n) is 7.55. The molecule has 1 unspecified atom stereocenters. The largest absolute Gasteiger partial charge is 0.342 e. The highest BCUT2D eigenvalue weighted by molar-refractivity contribution is 6.30. The van der Waals surface area contributed by atoms with Gasteiger partial charge in [0, 0.05) is 72.4 Å². The highest BCUT2D eigenvalue weighted by Gasteiger charge is 2.35. The van der Waals surface area contributed by atoms with Crippen molar-refractivity contribution >= 4 is 34.3 Å². The maximum atomic E-state index is 13.6. The highest BCUT2D eigenvalue weighted by atomic mass is 35.5. The summed E-state index contributed by atoms with van der Waals surface area (Å²) in [5.74, 6) is -2.91. The lowest BCUT2D eigenvalue weighted by molar-refractivity contribution is -0.136. The molecule has 2 aliphatic rings. The smallest absolute Gasteiger partial charge is 0.253 e. The summed E-state index contributed by atoms with van der Waals surface area (Å²) in [6.07, 6.45) is 0.382. The first kappa shape index (κ1) is 25.7. The molecule has 2 aliphatic heterocycles. The third-order valence-corrected chi connectivity index (χ3v) is 7.79. The molecule has 9 heteroatoms.